The minimum Gasteiger partial charge on any atom is -0.325 e. The molecule has 0 radical (unpaired) electrons. The van der Waals surface area contributed by atoms with Crippen molar-refractivity contribution in [2.75, 3.05) is 0 Å². The highest BCUT2D eigenvalue weighted by Gasteiger charge is 2.36. The summed E-state index contributed by atoms with van der Waals surface area (Å²) < 4.78 is 62.3. The van der Waals surface area contributed by atoms with E-state index in [2.05, 4.69) is 4.98 Å². The van der Waals surface area contributed by atoms with Crippen molar-refractivity contribution >= 4 is 0 Å². The fraction of sp³-hybridized carbons (Fsp3) is 0.333. The molecule has 0 spiro atoms. The maximum absolute atomic E-state index is 12.5. The smallest absolute Gasteiger partial charge is 0.325 e. The Kier molecular flexibility index (Phi) is 3.63. The summed E-state index contributed by atoms with van der Waals surface area (Å²) in [5.74, 6) is 0. The molecule has 0 bridgehead atoms. The van der Waals surface area contributed by atoms with Gasteiger partial charge in [0.1, 0.15) is 11.8 Å². The van der Waals surface area contributed by atoms with Gasteiger partial charge < -0.3 is 5.73 Å². The van der Waals surface area contributed by atoms with Gasteiger partial charge in [0.05, 0.1) is 16.8 Å². The number of alkyl halides is 5. The Morgan fingerprint density at radius 3 is 2.35 bits per heavy atom. The molecule has 0 saturated carbocycles. The molecule has 92 valence electrons. The largest absolute Gasteiger partial charge is 0.417 e. The van der Waals surface area contributed by atoms with Crippen molar-refractivity contribution in [3.8, 4) is 6.07 Å². The van der Waals surface area contributed by atoms with Crippen LogP contribution in [0, 0.1) is 11.3 Å². The Morgan fingerprint density at radius 2 is 2.00 bits per heavy atom. The van der Waals surface area contributed by atoms with E-state index in [0.717, 1.165) is 0 Å². The van der Waals surface area contributed by atoms with Crippen molar-refractivity contribution < 1.29 is 22.0 Å². The molecule has 0 fully saturated rings. The molecule has 3 nitrogen and oxygen atoms in total. The third-order valence-electron chi connectivity index (χ3n) is 1.95. The SMILES string of the molecule is N#Cc1c(C(F)(F)F)cc(C(F)F)nc1CN. The van der Waals surface area contributed by atoms with Crippen molar-refractivity contribution in [3.05, 3.63) is 28.6 Å². The number of rotatable bonds is 2. The average molecular weight is 251 g/mol. The summed E-state index contributed by atoms with van der Waals surface area (Å²) in [6.07, 6.45) is -8.06. The normalized spacial score (nSPS) is 11.6. The third kappa shape index (κ3) is 2.68. The Labute approximate surface area is 92.7 Å². The van der Waals surface area contributed by atoms with Gasteiger partial charge in [-0.05, 0) is 6.07 Å². The fourth-order valence-corrected chi connectivity index (χ4v) is 1.23. The lowest BCUT2D eigenvalue weighted by atomic mass is 10.1. The van der Waals surface area contributed by atoms with E-state index in [-0.39, 0.29) is 6.07 Å². The van der Waals surface area contributed by atoms with Crippen LogP contribution in [0.2, 0.25) is 0 Å². The van der Waals surface area contributed by atoms with E-state index in [0.29, 0.717) is 0 Å². The molecule has 8 heteroatoms. The molecule has 0 aliphatic rings. The van der Waals surface area contributed by atoms with Crippen LogP contribution in [0.1, 0.15) is 28.9 Å². The van der Waals surface area contributed by atoms with Crippen LogP contribution < -0.4 is 5.73 Å². The van der Waals surface area contributed by atoms with E-state index < -0.39 is 41.7 Å². The molecule has 1 aromatic heterocycles. The molecule has 17 heavy (non-hydrogen) atoms. The quantitative estimate of drug-likeness (QED) is 0.820. The summed E-state index contributed by atoms with van der Waals surface area (Å²) in [5.41, 5.74) is 1.29. The van der Waals surface area contributed by atoms with Gasteiger partial charge in [-0.15, -0.1) is 0 Å². The Morgan fingerprint density at radius 1 is 1.41 bits per heavy atom. The minimum atomic E-state index is -4.90. The second-order valence-electron chi connectivity index (χ2n) is 3.03. The maximum atomic E-state index is 12.5. The molecular weight excluding hydrogens is 245 g/mol. The van der Waals surface area contributed by atoms with E-state index in [1.54, 1.807) is 0 Å². The van der Waals surface area contributed by atoms with E-state index in [1.165, 1.54) is 6.07 Å². The fourth-order valence-electron chi connectivity index (χ4n) is 1.23. The van der Waals surface area contributed by atoms with Crippen molar-refractivity contribution in [2.45, 2.75) is 19.1 Å². The number of nitrogens with two attached hydrogens (primary N) is 1. The van der Waals surface area contributed by atoms with Gasteiger partial charge in [0.25, 0.3) is 6.43 Å². The van der Waals surface area contributed by atoms with Crippen LogP contribution >= 0.6 is 0 Å². The molecule has 0 atom stereocenters. The van der Waals surface area contributed by atoms with Crippen LogP contribution in [-0.4, -0.2) is 4.98 Å². The second kappa shape index (κ2) is 4.63. The molecular formula is C9H6F5N3. The van der Waals surface area contributed by atoms with Gasteiger partial charge in [0.2, 0.25) is 0 Å². The summed E-state index contributed by atoms with van der Waals surface area (Å²) in [4.78, 5) is 3.24. The van der Waals surface area contributed by atoms with Gasteiger partial charge >= 0.3 is 6.18 Å². The van der Waals surface area contributed by atoms with Crippen molar-refractivity contribution in [2.24, 2.45) is 5.73 Å². The molecule has 0 aliphatic heterocycles. The first-order chi connectivity index (χ1) is 7.81. The zero-order valence-electron chi connectivity index (χ0n) is 8.22. The molecule has 0 aliphatic carbocycles. The maximum Gasteiger partial charge on any atom is 0.417 e. The molecule has 2 N–H and O–H groups in total. The van der Waals surface area contributed by atoms with Crippen LogP contribution in [0.3, 0.4) is 0 Å². The zero-order valence-corrected chi connectivity index (χ0v) is 8.22. The van der Waals surface area contributed by atoms with Gasteiger partial charge in [-0.2, -0.15) is 18.4 Å². The van der Waals surface area contributed by atoms with Crippen molar-refractivity contribution in [1.82, 2.24) is 4.98 Å². The molecule has 1 aromatic rings. The predicted molar refractivity (Wildman–Crippen MR) is 46.8 cm³/mol. The summed E-state index contributed by atoms with van der Waals surface area (Å²) in [6, 6.07) is 1.45. The zero-order chi connectivity index (χ0) is 13.2. The molecule has 0 saturated heterocycles. The first kappa shape index (κ1) is 13.3. The Balaban J connectivity index is 3.56. The van der Waals surface area contributed by atoms with Gasteiger partial charge in [0.15, 0.2) is 0 Å². The predicted octanol–water partition coefficient (Wildman–Crippen LogP) is 2.37. The molecule has 0 unspecified atom stereocenters. The Bertz CT molecular complexity index is 461. The summed E-state index contributed by atoms with van der Waals surface area (Å²) in [6.45, 7) is -0.521. The second-order valence-corrected chi connectivity index (χ2v) is 3.03. The van der Waals surface area contributed by atoms with E-state index >= 15 is 0 Å². The Hall–Kier alpha value is -1.75. The average Bonchev–Trinajstić information content (AvgIpc) is 2.25. The highest BCUT2D eigenvalue weighted by molar-refractivity contribution is 5.44. The third-order valence-corrected chi connectivity index (χ3v) is 1.95. The highest BCUT2D eigenvalue weighted by Crippen LogP contribution is 2.34. The number of pyridine rings is 1. The number of aromatic nitrogens is 1. The lowest BCUT2D eigenvalue weighted by Crippen LogP contribution is -2.15. The van der Waals surface area contributed by atoms with Crippen LogP contribution in [-0.2, 0) is 12.7 Å². The molecule has 0 amide bonds. The highest BCUT2D eigenvalue weighted by atomic mass is 19.4. The van der Waals surface area contributed by atoms with Crippen molar-refractivity contribution in [3.63, 3.8) is 0 Å². The molecule has 1 rings (SSSR count). The number of hydrogen-bond acceptors (Lipinski definition) is 3. The van der Waals surface area contributed by atoms with Crippen LogP contribution in [0.5, 0.6) is 0 Å². The number of halogens is 5. The van der Waals surface area contributed by atoms with Gasteiger partial charge in [-0.25, -0.2) is 13.8 Å². The molecule has 1 heterocycles. The topological polar surface area (TPSA) is 62.7 Å². The van der Waals surface area contributed by atoms with E-state index in [4.69, 9.17) is 11.0 Å². The van der Waals surface area contributed by atoms with Crippen LogP contribution in [0.4, 0.5) is 22.0 Å². The minimum absolute atomic E-state index is 0.169. The monoisotopic (exact) mass is 251 g/mol. The van der Waals surface area contributed by atoms with Gasteiger partial charge in [-0.3, -0.25) is 0 Å². The van der Waals surface area contributed by atoms with Crippen molar-refractivity contribution in [1.29, 1.82) is 5.26 Å². The molecule has 0 aromatic carbocycles. The van der Waals surface area contributed by atoms with E-state index in [1.807, 2.05) is 0 Å². The lowest BCUT2D eigenvalue weighted by Gasteiger charge is -2.13. The number of nitriles is 1. The van der Waals surface area contributed by atoms with Gasteiger partial charge in [-0.1, -0.05) is 0 Å². The summed E-state index contributed by atoms with van der Waals surface area (Å²) in [5, 5.41) is 8.59. The number of hydrogen-bond donors (Lipinski definition) is 1. The van der Waals surface area contributed by atoms with E-state index in [9.17, 15) is 22.0 Å². The van der Waals surface area contributed by atoms with Gasteiger partial charge in [0, 0.05) is 6.54 Å². The summed E-state index contributed by atoms with van der Waals surface area (Å²) >= 11 is 0. The standard InChI is InChI=1S/C9H6F5N3/c10-8(11)6-1-5(9(12,13)14)4(2-15)7(3-16)17-6/h1,8H,3,16H2. The first-order valence-corrected chi connectivity index (χ1v) is 4.30. The lowest BCUT2D eigenvalue weighted by molar-refractivity contribution is -0.138. The van der Waals surface area contributed by atoms with Crippen LogP contribution in [0.15, 0.2) is 6.07 Å². The van der Waals surface area contributed by atoms with Crippen LogP contribution in [0.25, 0.3) is 0 Å². The number of nitrogens with zero attached hydrogens (tertiary/aromatic N) is 2. The summed E-state index contributed by atoms with van der Waals surface area (Å²) in [7, 11) is 0. The first-order valence-electron chi connectivity index (χ1n) is 4.30.